The van der Waals surface area contributed by atoms with Crippen molar-refractivity contribution >= 4 is 12.0 Å². The Hall–Kier alpha value is -1.52. The van der Waals surface area contributed by atoms with E-state index in [0.717, 1.165) is 18.4 Å². The van der Waals surface area contributed by atoms with Crippen LogP contribution >= 0.6 is 0 Å². The molecule has 3 N–H and O–H groups in total. The highest BCUT2D eigenvalue weighted by molar-refractivity contribution is 5.86. The summed E-state index contributed by atoms with van der Waals surface area (Å²) in [6.45, 7) is 7.64. The fraction of sp³-hybridized carbons (Fsp3) is 0.667. The second-order valence-electron chi connectivity index (χ2n) is 4.87. The van der Waals surface area contributed by atoms with E-state index in [1.165, 1.54) is 0 Å². The van der Waals surface area contributed by atoms with Gasteiger partial charge in [-0.2, -0.15) is 0 Å². The number of urea groups is 1. The molecule has 0 aromatic heterocycles. The minimum atomic E-state index is -1.15. The van der Waals surface area contributed by atoms with Gasteiger partial charge < -0.3 is 15.7 Å². The summed E-state index contributed by atoms with van der Waals surface area (Å²) in [6.07, 6.45) is 2.41. The van der Waals surface area contributed by atoms with E-state index in [-0.39, 0.29) is 5.92 Å². The molecule has 1 atom stereocenters. The van der Waals surface area contributed by atoms with E-state index in [0.29, 0.717) is 13.0 Å². The number of rotatable bonds is 6. The molecule has 2 amide bonds. The number of amides is 2. The van der Waals surface area contributed by atoms with Crippen LogP contribution in [0.15, 0.2) is 12.2 Å². The number of nitrogens with one attached hydrogen (secondary N) is 2. The van der Waals surface area contributed by atoms with E-state index in [2.05, 4.69) is 17.2 Å². The van der Waals surface area contributed by atoms with Crippen molar-refractivity contribution in [3.63, 3.8) is 0 Å². The van der Waals surface area contributed by atoms with Gasteiger partial charge in [0, 0.05) is 6.54 Å². The third kappa shape index (κ3) is 3.76. The molecular formula is C12H20N2O3. The van der Waals surface area contributed by atoms with Crippen molar-refractivity contribution in [2.45, 2.75) is 38.6 Å². The summed E-state index contributed by atoms with van der Waals surface area (Å²) in [5, 5.41) is 14.3. The molecule has 0 aromatic rings. The average Bonchev–Trinajstić information content (AvgIpc) is 2.99. The first-order chi connectivity index (χ1) is 7.86. The van der Waals surface area contributed by atoms with Crippen molar-refractivity contribution in [2.24, 2.45) is 5.92 Å². The van der Waals surface area contributed by atoms with Gasteiger partial charge in [-0.25, -0.2) is 9.59 Å². The molecule has 5 heteroatoms. The highest BCUT2D eigenvalue weighted by Crippen LogP contribution is 2.39. The number of hydrogen-bond acceptors (Lipinski definition) is 2. The molecule has 96 valence electrons. The van der Waals surface area contributed by atoms with E-state index >= 15 is 0 Å². The lowest BCUT2D eigenvalue weighted by atomic mass is 9.96. The summed E-state index contributed by atoms with van der Waals surface area (Å²) < 4.78 is 0. The molecule has 0 heterocycles. The van der Waals surface area contributed by atoms with Gasteiger partial charge in [0.25, 0.3) is 0 Å². The molecule has 0 spiro atoms. The Morgan fingerprint density at radius 1 is 1.47 bits per heavy atom. The Morgan fingerprint density at radius 3 is 2.47 bits per heavy atom. The summed E-state index contributed by atoms with van der Waals surface area (Å²) in [5.41, 5.74) is -0.165. The van der Waals surface area contributed by atoms with Gasteiger partial charge in [-0.05, 0) is 39.0 Å². The van der Waals surface area contributed by atoms with Crippen LogP contribution < -0.4 is 10.6 Å². The molecular weight excluding hydrogens is 220 g/mol. The quantitative estimate of drug-likeness (QED) is 0.616. The van der Waals surface area contributed by atoms with Crippen LogP contribution in [-0.4, -0.2) is 29.2 Å². The van der Waals surface area contributed by atoms with Crippen molar-refractivity contribution in [1.82, 2.24) is 10.6 Å². The van der Waals surface area contributed by atoms with E-state index < -0.39 is 17.5 Å². The van der Waals surface area contributed by atoms with Crippen LogP contribution in [-0.2, 0) is 4.79 Å². The lowest BCUT2D eigenvalue weighted by Gasteiger charge is -2.26. The maximum Gasteiger partial charge on any atom is 0.329 e. The topological polar surface area (TPSA) is 78.4 Å². The highest BCUT2D eigenvalue weighted by atomic mass is 16.4. The molecule has 0 saturated heterocycles. The molecule has 1 unspecified atom stereocenters. The first kappa shape index (κ1) is 13.5. The van der Waals surface area contributed by atoms with Crippen molar-refractivity contribution in [3.8, 4) is 0 Å². The van der Waals surface area contributed by atoms with Crippen molar-refractivity contribution in [1.29, 1.82) is 0 Å². The second kappa shape index (κ2) is 5.21. The van der Waals surface area contributed by atoms with Crippen LogP contribution in [0.25, 0.3) is 0 Å². The monoisotopic (exact) mass is 240 g/mol. The Bertz CT molecular complexity index is 337. The summed E-state index contributed by atoms with van der Waals surface area (Å²) in [6, 6.07) is -0.428. The maximum absolute atomic E-state index is 11.6. The number of carbonyl (C=O) groups is 2. The minimum absolute atomic E-state index is 0.0480. The SMILES string of the molecule is C=C(C)CCNC(=O)NC(C)(C(=O)O)C1CC1. The fourth-order valence-corrected chi connectivity index (χ4v) is 1.66. The Balaban J connectivity index is 2.42. The van der Waals surface area contributed by atoms with Crippen LogP contribution in [0.4, 0.5) is 4.79 Å². The first-order valence-electron chi connectivity index (χ1n) is 5.80. The molecule has 1 fully saturated rings. The molecule has 1 rings (SSSR count). The van der Waals surface area contributed by atoms with Crippen molar-refractivity contribution < 1.29 is 14.7 Å². The number of carbonyl (C=O) groups excluding carboxylic acids is 1. The van der Waals surface area contributed by atoms with Crippen LogP contribution in [0, 0.1) is 5.92 Å². The standard InChI is InChI=1S/C12H20N2O3/c1-8(2)6-7-13-11(17)14-12(3,10(15)16)9-4-5-9/h9H,1,4-7H2,2-3H3,(H,15,16)(H2,13,14,17). The Labute approximate surface area is 101 Å². The van der Waals surface area contributed by atoms with E-state index in [1.54, 1.807) is 6.92 Å². The van der Waals surface area contributed by atoms with Crippen LogP contribution in [0.5, 0.6) is 0 Å². The molecule has 1 aliphatic carbocycles. The molecule has 1 saturated carbocycles. The highest BCUT2D eigenvalue weighted by Gasteiger charge is 2.48. The van der Waals surface area contributed by atoms with Crippen LogP contribution in [0.2, 0.25) is 0 Å². The van der Waals surface area contributed by atoms with Gasteiger partial charge in [0.2, 0.25) is 0 Å². The van der Waals surface area contributed by atoms with Gasteiger partial charge in [0.15, 0.2) is 0 Å². The van der Waals surface area contributed by atoms with Crippen molar-refractivity contribution in [2.75, 3.05) is 6.54 Å². The number of hydrogen-bond donors (Lipinski definition) is 3. The number of carboxylic acids is 1. The predicted octanol–water partition coefficient (Wildman–Crippen LogP) is 1.51. The summed E-state index contributed by atoms with van der Waals surface area (Å²) >= 11 is 0. The minimum Gasteiger partial charge on any atom is -0.480 e. The molecule has 1 aliphatic rings. The molecule has 0 aromatic carbocycles. The fourth-order valence-electron chi connectivity index (χ4n) is 1.66. The van der Waals surface area contributed by atoms with E-state index in [4.69, 9.17) is 5.11 Å². The van der Waals surface area contributed by atoms with E-state index in [9.17, 15) is 9.59 Å². The second-order valence-corrected chi connectivity index (χ2v) is 4.87. The van der Waals surface area contributed by atoms with Gasteiger partial charge in [0.1, 0.15) is 5.54 Å². The summed E-state index contributed by atoms with van der Waals surface area (Å²) in [7, 11) is 0. The normalized spacial score (nSPS) is 18.0. The molecule has 0 radical (unpaired) electrons. The zero-order valence-electron chi connectivity index (χ0n) is 10.4. The largest absolute Gasteiger partial charge is 0.480 e. The molecule has 0 aliphatic heterocycles. The zero-order chi connectivity index (χ0) is 13.1. The molecule has 5 nitrogen and oxygen atoms in total. The number of aliphatic carboxylic acids is 1. The lowest BCUT2D eigenvalue weighted by Crippen LogP contribution is -2.56. The lowest BCUT2D eigenvalue weighted by molar-refractivity contribution is -0.144. The van der Waals surface area contributed by atoms with E-state index in [1.807, 2.05) is 6.92 Å². The molecule has 0 bridgehead atoms. The van der Waals surface area contributed by atoms with Gasteiger partial charge in [-0.3, -0.25) is 0 Å². The Morgan fingerprint density at radius 2 is 2.06 bits per heavy atom. The third-order valence-electron chi connectivity index (χ3n) is 3.05. The molecule has 17 heavy (non-hydrogen) atoms. The maximum atomic E-state index is 11.6. The smallest absolute Gasteiger partial charge is 0.329 e. The first-order valence-corrected chi connectivity index (χ1v) is 5.80. The van der Waals surface area contributed by atoms with Gasteiger partial charge in [0.05, 0.1) is 0 Å². The summed E-state index contributed by atoms with van der Waals surface area (Å²) in [5.74, 6) is -0.929. The van der Waals surface area contributed by atoms with Crippen LogP contribution in [0.3, 0.4) is 0 Å². The Kier molecular flexibility index (Phi) is 4.15. The zero-order valence-corrected chi connectivity index (χ0v) is 10.4. The predicted molar refractivity (Wildman–Crippen MR) is 64.7 cm³/mol. The van der Waals surface area contributed by atoms with Gasteiger partial charge in [-0.15, -0.1) is 6.58 Å². The van der Waals surface area contributed by atoms with Gasteiger partial charge >= 0.3 is 12.0 Å². The van der Waals surface area contributed by atoms with Crippen LogP contribution in [0.1, 0.15) is 33.1 Å². The third-order valence-corrected chi connectivity index (χ3v) is 3.05. The van der Waals surface area contributed by atoms with Gasteiger partial charge in [-0.1, -0.05) is 5.57 Å². The number of carboxylic acid groups (broad SMARTS) is 1. The summed E-state index contributed by atoms with van der Waals surface area (Å²) in [4.78, 5) is 22.7. The average molecular weight is 240 g/mol. The van der Waals surface area contributed by atoms with Crippen molar-refractivity contribution in [3.05, 3.63) is 12.2 Å².